The Hall–Kier alpha value is -8.98. The average Bonchev–Trinajstić information content (AvgIpc) is 4.06. The summed E-state index contributed by atoms with van der Waals surface area (Å²) in [5.74, 6) is 0. The van der Waals surface area contributed by atoms with E-state index in [-0.39, 0.29) is 0 Å². The SMILES string of the molecule is c1cc(-c2ccc(N(c3ccc4c5ccccc5c5ccccc5c4c3)c3cccc4c3C3(c5ccccc5-c5ccccc53)c3ccccc3-4)cc2)cc(-c2cccc3oc4ccccc4c23)c1. The number of benzene rings is 12. The Morgan fingerprint density at radius 3 is 1.45 bits per heavy atom. The summed E-state index contributed by atoms with van der Waals surface area (Å²) in [4.78, 5) is 2.53. The lowest BCUT2D eigenvalue weighted by Gasteiger charge is -2.36. The molecule has 13 aromatic rings. The minimum atomic E-state index is -0.531. The van der Waals surface area contributed by atoms with Gasteiger partial charge in [0.2, 0.25) is 0 Å². The molecule has 0 radical (unpaired) electrons. The maximum atomic E-state index is 6.31. The number of hydrogen-bond acceptors (Lipinski definition) is 2. The van der Waals surface area contributed by atoms with Gasteiger partial charge in [0.05, 0.1) is 11.1 Å². The summed E-state index contributed by atoms with van der Waals surface area (Å²) < 4.78 is 6.31. The molecule has 0 atom stereocenters. The zero-order chi connectivity index (χ0) is 45.2. The van der Waals surface area contributed by atoms with Crippen LogP contribution >= 0.6 is 0 Å². The van der Waals surface area contributed by atoms with Crippen LogP contribution < -0.4 is 4.90 Å². The van der Waals surface area contributed by atoms with Crippen LogP contribution in [-0.2, 0) is 5.41 Å². The monoisotopic (exact) mass is 875 g/mol. The minimum absolute atomic E-state index is 0.531. The molecule has 0 saturated heterocycles. The Morgan fingerprint density at radius 1 is 0.290 bits per heavy atom. The van der Waals surface area contributed by atoms with Gasteiger partial charge in [-0.2, -0.15) is 0 Å². The third kappa shape index (κ3) is 5.31. The highest BCUT2D eigenvalue weighted by molar-refractivity contribution is 6.26. The number of para-hydroxylation sites is 1. The van der Waals surface area contributed by atoms with Gasteiger partial charge in [0.15, 0.2) is 0 Å². The molecule has 2 heteroatoms. The van der Waals surface area contributed by atoms with Crippen LogP contribution in [-0.4, -0.2) is 0 Å². The Morgan fingerprint density at radius 2 is 0.768 bits per heavy atom. The van der Waals surface area contributed by atoms with Crippen molar-refractivity contribution < 1.29 is 4.42 Å². The smallest absolute Gasteiger partial charge is 0.136 e. The molecule has 0 fully saturated rings. The van der Waals surface area contributed by atoms with E-state index in [0.29, 0.717) is 0 Å². The average molecular weight is 876 g/mol. The summed E-state index contributed by atoms with van der Waals surface area (Å²) in [6, 6.07) is 92.0. The maximum Gasteiger partial charge on any atom is 0.136 e. The molecular weight excluding hydrogens is 835 g/mol. The zero-order valence-corrected chi connectivity index (χ0v) is 37.5. The van der Waals surface area contributed by atoms with E-state index < -0.39 is 5.41 Å². The van der Waals surface area contributed by atoms with E-state index in [1.54, 1.807) is 0 Å². The first kappa shape index (κ1) is 38.2. The van der Waals surface area contributed by atoms with Crippen molar-refractivity contribution in [3.8, 4) is 44.5 Å². The zero-order valence-electron chi connectivity index (χ0n) is 37.5. The molecule has 69 heavy (non-hydrogen) atoms. The molecule has 0 amide bonds. The second-order valence-electron chi connectivity index (χ2n) is 18.6. The molecule has 12 aromatic carbocycles. The third-order valence-corrected chi connectivity index (χ3v) is 15.3. The van der Waals surface area contributed by atoms with Gasteiger partial charge in [0, 0.05) is 27.7 Å². The fraction of sp³-hybridized carbons (Fsp3) is 0.0149. The highest BCUT2D eigenvalue weighted by Crippen LogP contribution is 2.65. The van der Waals surface area contributed by atoms with E-state index in [4.69, 9.17) is 4.42 Å². The first-order valence-electron chi connectivity index (χ1n) is 23.9. The van der Waals surface area contributed by atoms with Crippen LogP contribution in [0.1, 0.15) is 22.3 Å². The fourth-order valence-electron chi connectivity index (χ4n) is 12.5. The van der Waals surface area contributed by atoms with Gasteiger partial charge in [-0.3, -0.25) is 0 Å². The molecule has 320 valence electrons. The van der Waals surface area contributed by atoms with E-state index >= 15 is 0 Å². The number of nitrogens with zero attached hydrogens (tertiary/aromatic N) is 1. The van der Waals surface area contributed by atoms with Crippen LogP contribution in [0.5, 0.6) is 0 Å². The summed E-state index contributed by atoms with van der Waals surface area (Å²) in [5.41, 5.74) is 19.7. The van der Waals surface area contributed by atoms with Gasteiger partial charge in [-0.05, 0) is 142 Å². The van der Waals surface area contributed by atoms with E-state index in [9.17, 15) is 0 Å². The van der Waals surface area contributed by atoms with Gasteiger partial charge in [0.25, 0.3) is 0 Å². The lowest BCUT2D eigenvalue weighted by atomic mass is 9.70. The van der Waals surface area contributed by atoms with Crippen LogP contribution in [0.25, 0.3) is 98.8 Å². The molecule has 1 heterocycles. The number of anilines is 3. The summed E-state index contributed by atoms with van der Waals surface area (Å²) >= 11 is 0. The van der Waals surface area contributed by atoms with Crippen LogP contribution in [0.2, 0.25) is 0 Å². The van der Waals surface area contributed by atoms with Gasteiger partial charge in [0.1, 0.15) is 11.2 Å². The Kier molecular flexibility index (Phi) is 8.02. The predicted octanol–water partition coefficient (Wildman–Crippen LogP) is 18.2. The first-order valence-corrected chi connectivity index (χ1v) is 23.9. The Balaban J connectivity index is 0.963. The van der Waals surface area contributed by atoms with Crippen molar-refractivity contribution in [2.75, 3.05) is 4.90 Å². The molecule has 0 N–H and O–H groups in total. The first-order chi connectivity index (χ1) is 34.2. The third-order valence-electron chi connectivity index (χ3n) is 15.3. The summed E-state index contributed by atoms with van der Waals surface area (Å²) in [6.07, 6.45) is 0. The van der Waals surface area contributed by atoms with Gasteiger partial charge >= 0.3 is 0 Å². The van der Waals surface area contributed by atoms with Crippen molar-refractivity contribution in [2.24, 2.45) is 0 Å². The molecule has 0 saturated carbocycles. The number of rotatable bonds is 5. The molecule has 1 spiro atoms. The normalized spacial score (nSPS) is 13.0. The highest BCUT2D eigenvalue weighted by atomic mass is 16.3. The van der Waals surface area contributed by atoms with E-state index in [1.807, 2.05) is 6.07 Å². The summed E-state index contributed by atoms with van der Waals surface area (Å²) in [7, 11) is 0. The van der Waals surface area contributed by atoms with Crippen molar-refractivity contribution in [1.29, 1.82) is 0 Å². The lowest BCUT2D eigenvalue weighted by molar-refractivity contribution is 0.669. The molecule has 0 unspecified atom stereocenters. The number of hydrogen-bond donors (Lipinski definition) is 0. The number of fused-ring (bicyclic) bond motifs is 19. The van der Waals surface area contributed by atoms with E-state index in [0.717, 1.165) is 55.7 Å². The number of furan rings is 1. The van der Waals surface area contributed by atoms with Gasteiger partial charge in [-0.25, -0.2) is 0 Å². The molecule has 2 aliphatic rings. The highest BCUT2D eigenvalue weighted by Gasteiger charge is 2.53. The Bertz CT molecular complexity index is 4170. The summed E-state index contributed by atoms with van der Waals surface area (Å²) in [5, 5.41) is 9.84. The van der Waals surface area contributed by atoms with Gasteiger partial charge in [-0.15, -0.1) is 0 Å². The van der Waals surface area contributed by atoms with Crippen molar-refractivity contribution in [2.45, 2.75) is 5.41 Å². The van der Waals surface area contributed by atoms with E-state index in [2.05, 4.69) is 248 Å². The van der Waals surface area contributed by atoms with Crippen molar-refractivity contribution >= 4 is 71.3 Å². The topological polar surface area (TPSA) is 16.4 Å². The van der Waals surface area contributed by atoms with Crippen molar-refractivity contribution in [3.63, 3.8) is 0 Å². The van der Waals surface area contributed by atoms with Crippen LogP contribution in [0.15, 0.2) is 253 Å². The fourth-order valence-corrected chi connectivity index (χ4v) is 12.5. The lowest BCUT2D eigenvalue weighted by Crippen LogP contribution is -2.28. The van der Waals surface area contributed by atoms with Crippen molar-refractivity contribution in [3.05, 3.63) is 271 Å². The van der Waals surface area contributed by atoms with Gasteiger partial charge < -0.3 is 9.32 Å². The van der Waals surface area contributed by atoms with Gasteiger partial charge in [-0.1, -0.05) is 200 Å². The molecular formula is C67H41NO. The van der Waals surface area contributed by atoms with Crippen LogP contribution in [0.4, 0.5) is 17.1 Å². The second-order valence-corrected chi connectivity index (χ2v) is 18.6. The standard InChI is InChI=1S/C67H41NO/c1-2-20-50-48(18-1)49-19-3-4-21-51(49)58-41-46(38-39-52(50)58)68(45-36-34-42(35-37-45)43-16-13-17-44(40-43)47-26-15-33-64-65(47)57-25-8-12-32-63(57)69-64)62-31-14-27-56-55-24-7-11-30-61(55)67(66(56)62)59-28-9-5-22-53(59)54-23-6-10-29-60(54)67/h1-41H. The molecule has 1 aromatic heterocycles. The predicted molar refractivity (Wildman–Crippen MR) is 288 cm³/mol. The quantitative estimate of drug-likeness (QED) is 0.160. The molecule has 15 rings (SSSR count). The van der Waals surface area contributed by atoms with Crippen molar-refractivity contribution in [1.82, 2.24) is 0 Å². The molecule has 2 aliphatic carbocycles. The molecule has 2 nitrogen and oxygen atoms in total. The Labute approximate surface area is 399 Å². The molecule has 0 aliphatic heterocycles. The van der Waals surface area contributed by atoms with Crippen LogP contribution in [0, 0.1) is 0 Å². The maximum absolute atomic E-state index is 6.31. The minimum Gasteiger partial charge on any atom is -0.456 e. The van der Waals surface area contributed by atoms with Crippen LogP contribution in [0.3, 0.4) is 0 Å². The summed E-state index contributed by atoms with van der Waals surface area (Å²) in [6.45, 7) is 0. The largest absolute Gasteiger partial charge is 0.456 e. The second kappa shape index (κ2) is 14.5. The molecule has 0 bridgehead atoms. The van der Waals surface area contributed by atoms with E-state index in [1.165, 1.54) is 82.4 Å².